The molecule has 0 aliphatic rings. The second kappa shape index (κ2) is 7.88. The minimum atomic E-state index is -1.06. The van der Waals surface area contributed by atoms with E-state index in [4.69, 9.17) is 10.4 Å². The van der Waals surface area contributed by atoms with E-state index in [-0.39, 0.29) is 17.6 Å². The third-order valence-corrected chi connectivity index (χ3v) is 1.72. The SMILES string of the molecule is CCC(=O)OC=CC(C#N)=CC=C(C)C(=O)O. The van der Waals surface area contributed by atoms with Gasteiger partial charge in [0.2, 0.25) is 0 Å². The van der Waals surface area contributed by atoms with Crippen molar-refractivity contribution in [3.8, 4) is 6.07 Å². The standard InChI is InChI=1S/C12H13NO4/c1-3-11(14)17-7-6-10(8-13)5-4-9(2)12(15)16/h4-7H,3H2,1-2H3,(H,15,16). The summed E-state index contributed by atoms with van der Waals surface area (Å²) in [6.45, 7) is 3.06. The number of carbonyl (C=O) groups is 2. The lowest BCUT2D eigenvalue weighted by Crippen LogP contribution is -1.95. The maximum atomic E-state index is 10.8. The van der Waals surface area contributed by atoms with Crippen LogP contribution in [0, 0.1) is 11.3 Å². The number of carbonyl (C=O) groups excluding carboxylic acids is 1. The smallest absolute Gasteiger partial charge is 0.331 e. The lowest BCUT2D eigenvalue weighted by atomic mass is 10.2. The molecule has 0 rings (SSSR count). The molecule has 90 valence electrons. The molecule has 0 unspecified atom stereocenters. The topological polar surface area (TPSA) is 87.4 Å². The average Bonchev–Trinajstić information content (AvgIpc) is 2.32. The summed E-state index contributed by atoms with van der Waals surface area (Å²) < 4.78 is 4.63. The normalized spacial score (nSPS) is 12.3. The Morgan fingerprint density at radius 1 is 1.41 bits per heavy atom. The van der Waals surface area contributed by atoms with Crippen molar-refractivity contribution in [1.29, 1.82) is 5.26 Å². The fourth-order valence-corrected chi connectivity index (χ4v) is 0.683. The second-order valence-electron chi connectivity index (χ2n) is 3.03. The van der Waals surface area contributed by atoms with E-state index in [1.54, 1.807) is 6.92 Å². The van der Waals surface area contributed by atoms with E-state index in [9.17, 15) is 9.59 Å². The third-order valence-electron chi connectivity index (χ3n) is 1.72. The van der Waals surface area contributed by atoms with Crippen LogP contribution in [0.4, 0.5) is 0 Å². The Labute approximate surface area is 99.3 Å². The maximum absolute atomic E-state index is 10.8. The second-order valence-corrected chi connectivity index (χ2v) is 3.03. The van der Waals surface area contributed by atoms with E-state index in [1.165, 1.54) is 25.2 Å². The maximum Gasteiger partial charge on any atom is 0.331 e. The Bertz CT molecular complexity index is 424. The minimum absolute atomic E-state index is 0.108. The van der Waals surface area contributed by atoms with Crippen LogP contribution in [0.3, 0.4) is 0 Å². The first-order valence-corrected chi connectivity index (χ1v) is 4.89. The highest BCUT2D eigenvalue weighted by molar-refractivity contribution is 5.86. The number of nitriles is 1. The molecule has 17 heavy (non-hydrogen) atoms. The summed E-state index contributed by atoms with van der Waals surface area (Å²) in [6, 6.07) is 1.83. The van der Waals surface area contributed by atoms with Crippen molar-refractivity contribution >= 4 is 11.9 Å². The molecule has 0 aliphatic carbocycles. The van der Waals surface area contributed by atoms with Crippen LogP contribution in [0.5, 0.6) is 0 Å². The fraction of sp³-hybridized carbons (Fsp3) is 0.250. The van der Waals surface area contributed by atoms with E-state index in [1.807, 2.05) is 6.07 Å². The van der Waals surface area contributed by atoms with E-state index in [0.29, 0.717) is 0 Å². The van der Waals surface area contributed by atoms with Crippen LogP contribution in [-0.2, 0) is 14.3 Å². The molecule has 0 aromatic rings. The van der Waals surface area contributed by atoms with E-state index in [2.05, 4.69) is 4.74 Å². The molecule has 5 heteroatoms. The van der Waals surface area contributed by atoms with Gasteiger partial charge in [0, 0.05) is 12.0 Å². The molecule has 0 saturated carbocycles. The van der Waals surface area contributed by atoms with Gasteiger partial charge in [-0.2, -0.15) is 5.26 Å². The highest BCUT2D eigenvalue weighted by Crippen LogP contribution is 2.00. The largest absolute Gasteiger partial charge is 0.478 e. The van der Waals surface area contributed by atoms with Crippen LogP contribution < -0.4 is 0 Å². The molecule has 0 spiro atoms. The molecule has 0 saturated heterocycles. The summed E-state index contributed by atoms with van der Waals surface area (Å²) in [7, 11) is 0. The van der Waals surface area contributed by atoms with Gasteiger partial charge in [-0.3, -0.25) is 4.79 Å². The predicted octanol–water partition coefficient (Wildman–Crippen LogP) is 1.93. The number of rotatable bonds is 5. The van der Waals surface area contributed by atoms with Crippen molar-refractivity contribution < 1.29 is 19.4 Å². The van der Waals surface area contributed by atoms with Gasteiger partial charge in [0.25, 0.3) is 0 Å². The van der Waals surface area contributed by atoms with Crippen LogP contribution >= 0.6 is 0 Å². The first kappa shape index (κ1) is 14.6. The Morgan fingerprint density at radius 2 is 2.06 bits per heavy atom. The van der Waals surface area contributed by atoms with Gasteiger partial charge < -0.3 is 9.84 Å². The summed E-state index contributed by atoms with van der Waals surface area (Å²) in [6.07, 6.45) is 5.27. The number of carboxylic acids is 1. The van der Waals surface area contributed by atoms with Crippen molar-refractivity contribution in [3.63, 3.8) is 0 Å². The van der Waals surface area contributed by atoms with Gasteiger partial charge in [-0.25, -0.2) is 4.79 Å². The summed E-state index contributed by atoms with van der Waals surface area (Å²) in [5, 5.41) is 17.3. The minimum Gasteiger partial charge on any atom is -0.478 e. The summed E-state index contributed by atoms with van der Waals surface area (Å²) in [5.41, 5.74) is 0.297. The van der Waals surface area contributed by atoms with Gasteiger partial charge in [-0.15, -0.1) is 0 Å². The summed E-state index contributed by atoms with van der Waals surface area (Å²) in [5.74, 6) is -1.46. The Morgan fingerprint density at radius 3 is 2.53 bits per heavy atom. The number of aliphatic carboxylic acids is 1. The molecule has 0 heterocycles. The zero-order valence-electron chi connectivity index (χ0n) is 9.64. The molecule has 5 nitrogen and oxygen atoms in total. The van der Waals surface area contributed by atoms with Crippen LogP contribution in [0.15, 0.2) is 35.6 Å². The van der Waals surface area contributed by atoms with Crippen LogP contribution in [0.1, 0.15) is 20.3 Å². The van der Waals surface area contributed by atoms with Crippen molar-refractivity contribution in [2.75, 3.05) is 0 Å². The summed E-state index contributed by atoms with van der Waals surface area (Å²) >= 11 is 0. The van der Waals surface area contributed by atoms with Crippen LogP contribution in [-0.4, -0.2) is 17.0 Å². The molecule has 0 aliphatic heterocycles. The average molecular weight is 235 g/mol. The van der Waals surface area contributed by atoms with Crippen molar-refractivity contribution in [2.45, 2.75) is 20.3 Å². The Hall–Kier alpha value is -2.35. The van der Waals surface area contributed by atoms with Gasteiger partial charge in [-0.1, -0.05) is 13.0 Å². The molecular weight excluding hydrogens is 222 g/mol. The van der Waals surface area contributed by atoms with Crippen LogP contribution in [0.25, 0.3) is 0 Å². The molecule has 0 amide bonds. The first-order valence-electron chi connectivity index (χ1n) is 4.89. The van der Waals surface area contributed by atoms with Crippen molar-refractivity contribution in [2.24, 2.45) is 0 Å². The van der Waals surface area contributed by atoms with Gasteiger partial charge in [0.15, 0.2) is 0 Å². The van der Waals surface area contributed by atoms with Gasteiger partial charge in [0.05, 0.1) is 17.9 Å². The van der Waals surface area contributed by atoms with Gasteiger partial charge in [-0.05, 0) is 19.1 Å². The molecule has 0 atom stereocenters. The molecule has 1 N–H and O–H groups in total. The van der Waals surface area contributed by atoms with Gasteiger partial charge in [0.1, 0.15) is 0 Å². The number of carboxylic acid groups (broad SMARTS) is 1. The zero-order valence-corrected chi connectivity index (χ0v) is 9.64. The Kier molecular flexibility index (Phi) is 6.79. The van der Waals surface area contributed by atoms with Crippen molar-refractivity contribution in [3.05, 3.63) is 35.6 Å². The Balaban J connectivity index is 4.60. The number of ether oxygens (including phenoxy) is 1. The zero-order chi connectivity index (χ0) is 13.3. The first-order chi connectivity index (χ1) is 8.01. The number of hydrogen-bond donors (Lipinski definition) is 1. The highest BCUT2D eigenvalue weighted by Gasteiger charge is 1.97. The predicted molar refractivity (Wildman–Crippen MR) is 60.6 cm³/mol. The third kappa shape index (κ3) is 6.68. The lowest BCUT2D eigenvalue weighted by molar-refractivity contribution is -0.137. The number of allylic oxidation sites excluding steroid dienone is 4. The van der Waals surface area contributed by atoms with E-state index >= 15 is 0 Å². The van der Waals surface area contributed by atoms with Gasteiger partial charge >= 0.3 is 11.9 Å². The van der Waals surface area contributed by atoms with E-state index in [0.717, 1.165) is 6.26 Å². The lowest BCUT2D eigenvalue weighted by Gasteiger charge is -1.93. The van der Waals surface area contributed by atoms with Crippen LogP contribution in [0.2, 0.25) is 0 Å². The number of hydrogen-bond acceptors (Lipinski definition) is 4. The molecule has 0 fully saturated rings. The molecule has 0 bridgehead atoms. The summed E-state index contributed by atoms with van der Waals surface area (Å²) in [4.78, 5) is 21.2. The highest BCUT2D eigenvalue weighted by atomic mass is 16.5. The molecule has 0 aromatic heterocycles. The molecule has 0 radical (unpaired) electrons. The monoisotopic (exact) mass is 235 g/mol. The number of nitrogens with zero attached hydrogens (tertiary/aromatic N) is 1. The molecule has 0 aromatic carbocycles. The number of esters is 1. The van der Waals surface area contributed by atoms with Crippen molar-refractivity contribution in [1.82, 2.24) is 0 Å². The quantitative estimate of drug-likeness (QED) is 0.258. The molecular formula is C12H13NO4. The fourth-order valence-electron chi connectivity index (χ4n) is 0.683. The van der Waals surface area contributed by atoms with E-state index < -0.39 is 11.9 Å².